The van der Waals surface area contributed by atoms with E-state index in [1.165, 1.54) is 23.1 Å². The fraction of sp³-hybridized carbons (Fsp3) is 0.429. The van der Waals surface area contributed by atoms with E-state index >= 15 is 0 Å². The predicted octanol–water partition coefficient (Wildman–Crippen LogP) is 3.81. The zero-order valence-corrected chi connectivity index (χ0v) is 14.4. The molecule has 1 fully saturated rings. The van der Waals surface area contributed by atoms with Crippen LogP contribution in [0.25, 0.3) is 0 Å². The van der Waals surface area contributed by atoms with Crippen molar-refractivity contribution in [3.05, 3.63) is 44.8 Å². The Hall–Kier alpha value is -2.17. The van der Waals surface area contributed by atoms with E-state index in [9.17, 15) is 23.3 Å². The molecule has 1 saturated heterocycles. The van der Waals surface area contributed by atoms with E-state index < -0.39 is 16.8 Å². The smallest absolute Gasteiger partial charge is 0.349 e. The number of nitrogens with zero attached hydrogens (tertiary/aromatic N) is 5. The summed E-state index contributed by atoms with van der Waals surface area (Å²) in [7, 11) is 0. The maximum absolute atomic E-state index is 12.7. The van der Waals surface area contributed by atoms with E-state index in [4.69, 9.17) is 0 Å². The van der Waals surface area contributed by atoms with Crippen LogP contribution in [0.3, 0.4) is 0 Å². The lowest BCUT2D eigenvalue weighted by molar-refractivity contribution is -0.384. The zero-order chi connectivity index (χ0) is 18.2. The minimum Gasteiger partial charge on any atom is -0.349 e. The molecule has 0 N–H and O–H groups in total. The number of rotatable bonds is 3. The highest BCUT2D eigenvalue weighted by Gasteiger charge is 2.35. The van der Waals surface area contributed by atoms with Gasteiger partial charge in [0.15, 0.2) is 5.69 Å². The Kier molecular flexibility index (Phi) is 4.67. The van der Waals surface area contributed by atoms with E-state index in [1.807, 2.05) is 0 Å². The number of pyridine rings is 1. The van der Waals surface area contributed by atoms with Gasteiger partial charge in [-0.15, -0.1) is 0 Å². The monoisotopic (exact) mass is 419 g/mol. The molecule has 3 rings (SSSR count). The highest BCUT2D eigenvalue weighted by atomic mass is 79.9. The number of hydrogen-bond acceptors (Lipinski definition) is 5. The first kappa shape index (κ1) is 17.6. The highest BCUT2D eigenvalue weighted by Crippen LogP contribution is 2.33. The van der Waals surface area contributed by atoms with E-state index in [2.05, 4.69) is 26.0 Å². The van der Waals surface area contributed by atoms with Crippen LogP contribution in [0.2, 0.25) is 0 Å². The molecule has 0 radical (unpaired) electrons. The lowest BCUT2D eigenvalue weighted by Crippen LogP contribution is -2.37. The summed E-state index contributed by atoms with van der Waals surface area (Å²) in [6.07, 6.45) is -0.436. The van der Waals surface area contributed by atoms with Crippen LogP contribution >= 0.6 is 15.9 Å². The number of piperidine rings is 1. The Labute approximate surface area is 148 Å². The van der Waals surface area contributed by atoms with Crippen LogP contribution in [0.4, 0.5) is 24.7 Å². The van der Waals surface area contributed by atoms with Crippen LogP contribution in [0.15, 0.2) is 29.0 Å². The average molecular weight is 420 g/mol. The van der Waals surface area contributed by atoms with Gasteiger partial charge in [-0.1, -0.05) is 0 Å². The van der Waals surface area contributed by atoms with Gasteiger partial charge in [-0.3, -0.25) is 14.8 Å². The normalized spacial score (nSPS) is 18.4. The molecule has 1 atom stereocenters. The van der Waals surface area contributed by atoms with E-state index in [1.54, 1.807) is 4.90 Å². The van der Waals surface area contributed by atoms with Gasteiger partial charge in [-0.05, 0) is 34.8 Å². The zero-order valence-electron chi connectivity index (χ0n) is 12.8. The lowest BCUT2D eigenvalue weighted by atomic mass is 10.1. The van der Waals surface area contributed by atoms with Crippen molar-refractivity contribution in [3.8, 4) is 0 Å². The fourth-order valence-electron chi connectivity index (χ4n) is 2.85. The number of hydrogen-bond donors (Lipinski definition) is 0. The summed E-state index contributed by atoms with van der Waals surface area (Å²) < 4.78 is 39.9. The molecule has 0 spiro atoms. The Morgan fingerprint density at radius 1 is 1.40 bits per heavy atom. The molecule has 25 heavy (non-hydrogen) atoms. The largest absolute Gasteiger partial charge is 0.435 e. The third-order valence-corrected chi connectivity index (χ3v) is 4.41. The number of anilines is 1. The minimum absolute atomic E-state index is 0.147. The van der Waals surface area contributed by atoms with Gasteiger partial charge >= 0.3 is 11.9 Å². The second-order valence-corrected chi connectivity index (χ2v) is 6.59. The maximum atomic E-state index is 12.7. The molecule has 0 aliphatic carbocycles. The molecule has 1 aliphatic heterocycles. The first-order valence-corrected chi connectivity index (χ1v) is 8.22. The summed E-state index contributed by atoms with van der Waals surface area (Å²) in [4.78, 5) is 16.6. The van der Waals surface area contributed by atoms with Crippen molar-refractivity contribution >= 4 is 27.4 Å². The van der Waals surface area contributed by atoms with Crippen LogP contribution in [-0.2, 0) is 6.18 Å². The molecule has 2 aromatic rings. The molecule has 11 heteroatoms. The van der Waals surface area contributed by atoms with Gasteiger partial charge in [0.2, 0.25) is 5.82 Å². The first-order chi connectivity index (χ1) is 11.8. The lowest BCUT2D eigenvalue weighted by Gasteiger charge is -2.33. The molecule has 1 unspecified atom stereocenters. The molecule has 134 valence electrons. The molecular formula is C14H13BrF3N5O2. The highest BCUT2D eigenvalue weighted by molar-refractivity contribution is 9.10. The Morgan fingerprint density at radius 3 is 2.80 bits per heavy atom. The Balaban J connectivity index is 1.85. The van der Waals surface area contributed by atoms with Gasteiger partial charge in [0.1, 0.15) is 0 Å². The summed E-state index contributed by atoms with van der Waals surface area (Å²) >= 11 is 3.15. The molecule has 7 nitrogen and oxygen atoms in total. The van der Waals surface area contributed by atoms with Crippen LogP contribution < -0.4 is 4.90 Å². The third kappa shape index (κ3) is 3.75. The van der Waals surface area contributed by atoms with Crippen molar-refractivity contribution in [2.75, 3.05) is 18.0 Å². The van der Waals surface area contributed by atoms with Crippen LogP contribution in [0, 0.1) is 10.1 Å². The quantitative estimate of drug-likeness (QED) is 0.558. The first-order valence-electron chi connectivity index (χ1n) is 7.43. The molecule has 0 aromatic carbocycles. The molecular weight excluding hydrogens is 407 g/mol. The van der Waals surface area contributed by atoms with Gasteiger partial charge in [0.25, 0.3) is 0 Å². The summed E-state index contributed by atoms with van der Waals surface area (Å²) in [5.41, 5.74) is -1.09. The van der Waals surface area contributed by atoms with Gasteiger partial charge in [-0.2, -0.15) is 18.3 Å². The molecule has 0 amide bonds. The molecule has 0 bridgehead atoms. The van der Waals surface area contributed by atoms with Gasteiger partial charge < -0.3 is 4.90 Å². The van der Waals surface area contributed by atoms with Crippen molar-refractivity contribution in [1.82, 2.24) is 14.8 Å². The second-order valence-electron chi connectivity index (χ2n) is 5.67. The Bertz CT molecular complexity index is 795. The number of halogens is 4. The topological polar surface area (TPSA) is 77.1 Å². The minimum atomic E-state index is -4.49. The molecule has 3 heterocycles. The van der Waals surface area contributed by atoms with Crippen molar-refractivity contribution in [2.45, 2.75) is 25.1 Å². The third-order valence-electron chi connectivity index (χ3n) is 3.98. The van der Waals surface area contributed by atoms with Crippen LogP contribution in [0.5, 0.6) is 0 Å². The van der Waals surface area contributed by atoms with Crippen LogP contribution in [-0.4, -0.2) is 32.8 Å². The Morgan fingerprint density at radius 2 is 2.16 bits per heavy atom. The summed E-state index contributed by atoms with van der Waals surface area (Å²) in [5, 5.41) is 14.9. The molecule has 2 aromatic heterocycles. The van der Waals surface area contributed by atoms with Gasteiger partial charge in [0.05, 0.1) is 11.0 Å². The average Bonchev–Trinajstić information content (AvgIpc) is 3.05. The van der Waals surface area contributed by atoms with Gasteiger partial charge in [0, 0.05) is 36.0 Å². The fourth-order valence-corrected chi connectivity index (χ4v) is 3.17. The predicted molar refractivity (Wildman–Crippen MR) is 86.3 cm³/mol. The van der Waals surface area contributed by atoms with E-state index in [0.29, 0.717) is 30.4 Å². The van der Waals surface area contributed by atoms with Crippen molar-refractivity contribution < 1.29 is 18.1 Å². The standard InChI is InChI=1S/C14H13BrF3N5O2/c15-9-6-11(23(24)25)13(19-7-9)21-4-1-2-10(8-21)22-5-3-12(20-22)14(16,17)18/h3,5-7,10H,1-2,4,8H2. The molecule has 0 saturated carbocycles. The van der Waals surface area contributed by atoms with E-state index in [0.717, 1.165) is 6.07 Å². The summed E-state index contributed by atoms with van der Waals surface area (Å²) in [5.74, 6) is 0.209. The maximum Gasteiger partial charge on any atom is 0.435 e. The number of aromatic nitrogens is 3. The van der Waals surface area contributed by atoms with Crippen molar-refractivity contribution in [2.24, 2.45) is 0 Å². The SMILES string of the molecule is O=[N+]([O-])c1cc(Br)cnc1N1CCCC(n2ccc(C(F)(F)F)n2)C1. The van der Waals surface area contributed by atoms with Crippen LogP contribution in [0.1, 0.15) is 24.6 Å². The number of nitro groups is 1. The van der Waals surface area contributed by atoms with E-state index in [-0.39, 0.29) is 17.5 Å². The number of alkyl halides is 3. The second kappa shape index (κ2) is 6.62. The van der Waals surface area contributed by atoms with Crippen molar-refractivity contribution in [1.29, 1.82) is 0 Å². The van der Waals surface area contributed by atoms with Gasteiger partial charge in [-0.25, -0.2) is 4.98 Å². The summed E-state index contributed by atoms with van der Waals surface area (Å²) in [6, 6.07) is 1.98. The summed E-state index contributed by atoms with van der Waals surface area (Å²) in [6.45, 7) is 0.841. The van der Waals surface area contributed by atoms with Crippen molar-refractivity contribution in [3.63, 3.8) is 0 Å². The molecule has 1 aliphatic rings.